The average molecular weight is 373 g/mol. The minimum atomic E-state index is -0.682. The highest BCUT2D eigenvalue weighted by molar-refractivity contribution is 6.31. The summed E-state index contributed by atoms with van der Waals surface area (Å²) in [5.41, 5.74) is 6.17. The molecule has 26 heavy (non-hydrogen) atoms. The van der Waals surface area contributed by atoms with Gasteiger partial charge in [-0.1, -0.05) is 29.8 Å². The Balaban J connectivity index is 1.63. The lowest BCUT2D eigenvalue weighted by atomic mass is 10.2. The van der Waals surface area contributed by atoms with Gasteiger partial charge in [0.15, 0.2) is 6.61 Å². The molecule has 0 bridgehead atoms. The third-order valence-electron chi connectivity index (χ3n) is 3.81. The lowest BCUT2D eigenvalue weighted by Gasteiger charge is -2.13. The lowest BCUT2D eigenvalue weighted by Crippen LogP contribution is -2.31. The van der Waals surface area contributed by atoms with Crippen LogP contribution in [0.3, 0.4) is 0 Å². The number of carbonyl (C=O) groups excluding carboxylic acids is 2. The molecule has 7 heteroatoms. The van der Waals surface area contributed by atoms with Crippen LogP contribution in [0.15, 0.2) is 52.9 Å². The van der Waals surface area contributed by atoms with Gasteiger partial charge in [0.25, 0.3) is 11.8 Å². The number of amides is 2. The van der Waals surface area contributed by atoms with E-state index in [1.807, 2.05) is 37.3 Å². The highest BCUT2D eigenvalue weighted by Crippen LogP contribution is 2.24. The van der Waals surface area contributed by atoms with E-state index in [0.717, 1.165) is 11.0 Å². The first-order valence-corrected chi connectivity index (χ1v) is 8.32. The second kappa shape index (κ2) is 7.49. The lowest BCUT2D eigenvalue weighted by molar-refractivity contribution is -0.123. The summed E-state index contributed by atoms with van der Waals surface area (Å²) in [5.74, 6) is -0.195. The molecular weight excluding hydrogens is 356 g/mol. The number of furan rings is 1. The van der Waals surface area contributed by atoms with Crippen LogP contribution in [-0.4, -0.2) is 18.4 Å². The first-order chi connectivity index (χ1) is 12.4. The smallest absolute Gasteiger partial charge is 0.258 e. The maximum absolute atomic E-state index is 12.1. The molecule has 1 aromatic heterocycles. The Morgan fingerprint density at radius 3 is 2.73 bits per heavy atom. The SMILES string of the molecule is C[C@H](NC(=O)COc1ccc(Cl)cc1C(N)=O)c1cc2ccccc2o1. The molecule has 3 aromatic rings. The molecule has 3 N–H and O–H groups in total. The zero-order valence-corrected chi connectivity index (χ0v) is 14.7. The average Bonchev–Trinajstić information content (AvgIpc) is 3.05. The number of carbonyl (C=O) groups is 2. The predicted octanol–water partition coefficient (Wildman–Crippen LogP) is 3.44. The number of ether oxygens (including phenoxy) is 1. The minimum absolute atomic E-state index is 0.121. The van der Waals surface area contributed by atoms with Crippen molar-refractivity contribution >= 4 is 34.4 Å². The summed E-state index contributed by atoms with van der Waals surface area (Å²) in [5, 5.41) is 4.11. The molecule has 0 saturated heterocycles. The number of hydrogen-bond acceptors (Lipinski definition) is 4. The Kier molecular flexibility index (Phi) is 5.14. The van der Waals surface area contributed by atoms with Gasteiger partial charge in [-0.25, -0.2) is 0 Å². The fourth-order valence-corrected chi connectivity index (χ4v) is 2.71. The fraction of sp³-hybridized carbons (Fsp3) is 0.158. The Labute approximate surface area is 154 Å². The van der Waals surface area contributed by atoms with Crippen LogP contribution < -0.4 is 15.8 Å². The van der Waals surface area contributed by atoms with Crippen LogP contribution in [0.5, 0.6) is 5.75 Å². The number of primary amides is 1. The number of nitrogens with one attached hydrogen (secondary N) is 1. The van der Waals surface area contributed by atoms with Crippen LogP contribution in [0, 0.1) is 0 Å². The van der Waals surface area contributed by atoms with E-state index in [2.05, 4.69) is 5.32 Å². The molecule has 0 radical (unpaired) electrons. The highest BCUT2D eigenvalue weighted by Gasteiger charge is 2.16. The molecule has 0 saturated carbocycles. The minimum Gasteiger partial charge on any atom is -0.483 e. The van der Waals surface area contributed by atoms with Crippen molar-refractivity contribution in [3.05, 3.63) is 64.9 Å². The van der Waals surface area contributed by atoms with Crippen molar-refractivity contribution in [3.8, 4) is 5.75 Å². The molecule has 0 spiro atoms. The van der Waals surface area contributed by atoms with Gasteiger partial charge in [-0.05, 0) is 37.3 Å². The summed E-state index contributed by atoms with van der Waals surface area (Å²) in [4.78, 5) is 23.6. The molecule has 1 heterocycles. The summed E-state index contributed by atoms with van der Waals surface area (Å²) in [7, 11) is 0. The third kappa shape index (κ3) is 3.97. The maximum atomic E-state index is 12.1. The molecule has 134 valence electrons. The van der Waals surface area contributed by atoms with E-state index in [0.29, 0.717) is 10.8 Å². The highest BCUT2D eigenvalue weighted by atomic mass is 35.5. The topological polar surface area (TPSA) is 94.6 Å². The molecule has 1 atom stereocenters. The summed E-state index contributed by atoms with van der Waals surface area (Å²) in [6, 6.07) is 13.6. The van der Waals surface area contributed by atoms with Crippen LogP contribution in [0.25, 0.3) is 11.0 Å². The molecule has 0 aliphatic rings. The monoisotopic (exact) mass is 372 g/mol. The first kappa shape index (κ1) is 17.8. The van der Waals surface area contributed by atoms with Gasteiger partial charge in [0, 0.05) is 10.4 Å². The van der Waals surface area contributed by atoms with Crippen molar-refractivity contribution in [1.82, 2.24) is 5.32 Å². The Bertz CT molecular complexity index is 934. The molecule has 0 unspecified atom stereocenters. The van der Waals surface area contributed by atoms with E-state index in [1.54, 1.807) is 6.07 Å². The van der Waals surface area contributed by atoms with Gasteiger partial charge < -0.3 is 20.2 Å². The number of fused-ring (bicyclic) bond motifs is 1. The van der Waals surface area contributed by atoms with Crippen LogP contribution in [-0.2, 0) is 4.79 Å². The Hall–Kier alpha value is -2.99. The van der Waals surface area contributed by atoms with Crippen LogP contribution in [0.4, 0.5) is 0 Å². The second-order valence-corrected chi connectivity index (χ2v) is 6.21. The summed E-state index contributed by atoms with van der Waals surface area (Å²) in [6.45, 7) is 1.54. The Morgan fingerprint density at radius 2 is 2.00 bits per heavy atom. The van der Waals surface area contributed by atoms with Crippen LogP contribution in [0.1, 0.15) is 29.1 Å². The first-order valence-electron chi connectivity index (χ1n) is 7.94. The van der Waals surface area contributed by atoms with Gasteiger partial charge in [-0.15, -0.1) is 0 Å². The maximum Gasteiger partial charge on any atom is 0.258 e. The van der Waals surface area contributed by atoms with Crippen molar-refractivity contribution in [1.29, 1.82) is 0 Å². The zero-order valence-electron chi connectivity index (χ0n) is 14.0. The van der Waals surface area contributed by atoms with E-state index < -0.39 is 5.91 Å². The second-order valence-electron chi connectivity index (χ2n) is 5.77. The molecule has 2 aromatic carbocycles. The molecule has 0 fully saturated rings. The van der Waals surface area contributed by atoms with E-state index in [9.17, 15) is 9.59 Å². The van der Waals surface area contributed by atoms with Crippen LogP contribution in [0.2, 0.25) is 5.02 Å². The molecule has 0 aliphatic heterocycles. The van der Waals surface area contributed by atoms with Crippen molar-refractivity contribution < 1.29 is 18.7 Å². The third-order valence-corrected chi connectivity index (χ3v) is 4.05. The van der Waals surface area contributed by atoms with E-state index in [-0.39, 0.29) is 29.9 Å². The van der Waals surface area contributed by atoms with Gasteiger partial charge in [0.2, 0.25) is 0 Å². The fourth-order valence-electron chi connectivity index (χ4n) is 2.53. The number of para-hydroxylation sites is 1. The quantitative estimate of drug-likeness (QED) is 0.692. The zero-order chi connectivity index (χ0) is 18.7. The Morgan fingerprint density at radius 1 is 1.23 bits per heavy atom. The van der Waals surface area contributed by atoms with Crippen molar-refractivity contribution in [2.24, 2.45) is 5.73 Å². The number of rotatable bonds is 6. The number of nitrogens with two attached hydrogens (primary N) is 1. The molecule has 3 rings (SSSR count). The standard InChI is InChI=1S/C19H17ClN2O4/c1-11(17-8-12-4-2-3-5-15(12)26-17)22-18(23)10-25-16-7-6-13(20)9-14(16)19(21)24/h2-9,11H,10H2,1H3,(H2,21,24)(H,22,23)/t11-/m0/s1. The van der Waals surface area contributed by atoms with Gasteiger partial charge in [0.05, 0.1) is 11.6 Å². The number of hydrogen-bond donors (Lipinski definition) is 2. The van der Waals surface area contributed by atoms with E-state index >= 15 is 0 Å². The largest absolute Gasteiger partial charge is 0.483 e. The van der Waals surface area contributed by atoms with Crippen molar-refractivity contribution in [3.63, 3.8) is 0 Å². The molecule has 0 aliphatic carbocycles. The summed E-state index contributed by atoms with van der Waals surface area (Å²) < 4.78 is 11.1. The van der Waals surface area contributed by atoms with Gasteiger partial charge in [0.1, 0.15) is 17.1 Å². The summed E-state index contributed by atoms with van der Waals surface area (Å²) >= 11 is 5.84. The van der Waals surface area contributed by atoms with E-state index in [4.69, 9.17) is 26.5 Å². The van der Waals surface area contributed by atoms with Gasteiger partial charge in [-0.2, -0.15) is 0 Å². The van der Waals surface area contributed by atoms with Gasteiger partial charge >= 0.3 is 0 Å². The van der Waals surface area contributed by atoms with Crippen LogP contribution >= 0.6 is 11.6 Å². The number of halogens is 1. The van der Waals surface area contributed by atoms with E-state index in [1.165, 1.54) is 12.1 Å². The summed E-state index contributed by atoms with van der Waals surface area (Å²) in [6.07, 6.45) is 0. The normalized spacial score (nSPS) is 11.9. The molecular formula is C19H17ClN2O4. The number of benzene rings is 2. The van der Waals surface area contributed by atoms with Crippen molar-refractivity contribution in [2.45, 2.75) is 13.0 Å². The molecule has 2 amide bonds. The van der Waals surface area contributed by atoms with Gasteiger partial charge in [-0.3, -0.25) is 9.59 Å². The van der Waals surface area contributed by atoms with Crippen molar-refractivity contribution in [2.75, 3.05) is 6.61 Å². The molecule has 6 nitrogen and oxygen atoms in total. The predicted molar refractivity (Wildman–Crippen MR) is 98.2 cm³/mol.